The van der Waals surface area contributed by atoms with Gasteiger partial charge in [0.15, 0.2) is 0 Å². The predicted octanol–water partition coefficient (Wildman–Crippen LogP) is 2.13. The van der Waals surface area contributed by atoms with Crippen molar-refractivity contribution in [2.75, 3.05) is 7.11 Å². The van der Waals surface area contributed by atoms with Crippen molar-refractivity contribution in [1.29, 1.82) is 0 Å². The molecular formula is C9H13BrN2O. The zero-order valence-corrected chi connectivity index (χ0v) is 9.30. The predicted molar refractivity (Wildman–Crippen MR) is 53.6 cm³/mol. The summed E-state index contributed by atoms with van der Waals surface area (Å²) >= 11 is 3.49. The van der Waals surface area contributed by atoms with Crippen LogP contribution in [0.4, 0.5) is 0 Å². The number of imidazole rings is 1. The van der Waals surface area contributed by atoms with Crippen LogP contribution >= 0.6 is 15.9 Å². The fraction of sp³-hybridized carbons (Fsp3) is 0.667. The SMILES string of the molecule is COCc1nc(Br)c2n1CCCC2. The molecule has 0 radical (unpaired) electrons. The molecule has 4 heteroatoms. The molecule has 0 unspecified atom stereocenters. The topological polar surface area (TPSA) is 27.1 Å². The Morgan fingerprint density at radius 1 is 1.54 bits per heavy atom. The quantitative estimate of drug-likeness (QED) is 0.798. The monoisotopic (exact) mass is 244 g/mol. The average Bonchev–Trinajstić information content (AvgIpc) is 2.46. The largest absolute Gasteiger partial charge is 0.377 e. The summed E-state index contributed by atoms with van der Waals surface area (Å²) in [5.41, 5.74) is 1.33. The van der Waals surface area contributed by atoms with Gasteiger partial charge in [0.2, 0.25) is 0 Å². The molecule has 2 rings (SSSR count). The molecule has 0 fully saturated rings. The van der Waals surface area contributed by atoms with Gasteiger partial charge in [-0.15, -0.1) is 0 Å². The molecule has 0 aliphatic carbocycles. The number of hydrogen-bond donors (Lipinski definition) is 0. The molecule has 0 amide bonds. The number of ether oxygens (including phenoxy) is 1. The number of fused-ring (bicyclic) bond motifs is 1. The Balaban J connectivity index is 2.36. The van der Waals surface area contributed by atoms with Crippen LogP contribution in [0.5, 0.6) is 0 Å². The number of aromatic nitrogens is 2. The van der Waals surface area contributed by atoms with E-state index >= 15 is 0 Å². The Labute approximate surface area is 86.2 Å². The van der Waals surface area contributed by atoms with Crippen LogP contribution in [0.25, 0.3) is 0 Å². The number of halogens is 1. The molecule has 2 heterocycles. The maximum atomic E-state index is 5.10. The number of methoxy groups -OCH3 is 1. The molecule has 0 N–H and O–H groups in total. The normalized spacial score (nSPS) is 15.8. The van der Waals surface area contributed by atoms with E-state index in [1.54, 1.807) is 7.11 Å². The van der Waals surface area contributed by atoms with Gasteiger partial charge in [0.25, 0.3) is 0 Å². The smallest absolute Gasteiger partial charge is 0.136 e. The summed E-state index contributed by atoms with van der Waals surface area (Å²) in [4.78, 5) is 4.44. The van der Waals surface area contributed by atoms with Gasteiger partial charge < -0.3 is 9.30 Å². The van der Waals surface area contributed by atoms with Gasteiger partial charge in [0.05, 0.1) is 5.69 Å². The zero-order chi connectivity index (χ0) is 9.26. The highest BCUT2D eigenvalue weighted by Crippen LogP contribution is 2.24. The first-order valence-corrected chi connectivity index (χ1v) is 5.35. The molecule has 0 saturated carbocycles. The van der Waals surface area contributed by atoms with Crippen molar-refractivity contribution >= 4 is 15.9 Å². The Bertz CT molecular complexity index is 309. The van der Waals surface area contributed by atoms with Gasteiger partial charge in [-0.1, -0.05) is 0 Å². The highest BCUT2D eigenvalue weighted by Gasteiger charge is 2.17. The summed E-state index contributed by atoms with van der Waals surface area (Å²) in [7, 11) is 1.71. The Kier molecular flexibility index (Phi) is 2.69. The number of rotatable bonds is 2. The third-order valence-corrected chi connectivity index (χ3v) is 3.06. The lowest BCUT2D eigenvalue weighted by Crippen LogP contribution is -2.13. The third-order valence-electron chi connectivity index (χ3n) is 2.42. The van der Waals surface area contributed by atoms with Gasteiger partial charge >= 0.3 is 0 Å². The second kappa shape index (κ2) is 3.80. The van der Waals surface area contributed by atoms with E-state index in [9.17, 15) is 0 Å². The Hall–Kier alpha value is -0.350. The minimum absolute atomic E-state index is 0.610. The van der Waals surface area contributed by atoms with Crippen LogP contribution in [0.1, 0.15) is 24.4 Å². The fourth-order valence-electron chi connectivity index (χ4n) is 1.81. The first-order valence-electron chi connectivity index (χ1n) is 4.55. The average molecular weight is 245 g/mol. The Morgan fingerprint density at radius 2 is 2.38 bits per heavy atom. The van der Waals surface area contributed by atoms with E-state index in [0.29, 0.717) is 6.61 Å². The van der Waals surface area contributed by atoms with Crippen molar-refractivity contribution in [3.63, 3.8) is 0 Å². The van der Waals surface area contributed by atoms with Gasteiger partial charge in [-0.2, -0.15) is 0 Å². The van der Waals surface area contributed by atoms with Crippen LogP contribution in [-0.2, 0) is 24.3 Å². The van der Waals surface area contributed by atoms with E-state index in [0.717, 1.165) is 23.4 Å². The summed E-state index contributed by atoms with van der Waals surface area (Å²) in [6, 6.07) is 0. The molecule has 72 valence electrons. The van der Waals surface area contributed by atoms with Crippen LogP contribution < -0.4 is 0 Å². The molecule has 0 spiro atoms. The van der Waals surface area contributed by atoms with Gasteiger partial charge in [-0.25, -0.2) is 4.98 Å². The minimum Gasteiger partial charge on any atom is -0.377 e. The standard InChI is InChI=1S/C9H13BrN2O/c1-13-6-8-11-9(10)7-4-2-3-5-12(7)8/h2-6H2,1H3. The molecule has 1 aromatic rings. The van der Waals surface area contributed by atoms with Crippen LogP contribution in [0.3, 0.4) is 0 Å². The van der Waals surface area contributed by atoms with Gasteiger partial charge in [-0.05, 0) is 35.2 Å². The van der Waals surface area contributed by atoms with Crippen molar-refractivity contribution in [2.45, 2.75) is 32.4 Å². The van der Waals surface area contributed by atoms with Crippen LogP contribution in [0, 0.1) is 0 Å². The maximum Gasteiger partial charge on any atom is 0.136 e. The summed E-state index contributed by atoms with van der Waals surface area (Å²) in [5.74, 6) is 1.05. The second-order valence-electron chi connectivity index (χ2n) is 3.31. The van der Waals surface area contributed by atoms with E-state index in [-0.39, 0.29) is 0 Å². The molecule has 13 heavy (non-hydrogen) atoms. The lowest BCUT2D eigenvalue weighted by Gasteiger charge is -2.16. The first kappa shape index (κ1) is 9.21. The molecule has 1 aliphatic rings. The molecular weight excluding hydrogens is 232 g/mol. The maximum absolute atomic E-state index is 5.10. The van der Waals surface area contributed by atoms with Gasteiger partial charge in [0.1, 0.15) is 17.0 Å². The van der Waals surface area contributed by atoms with Crippen molar-refractivity contribution in [1.82, 2.24) is 9.55 Å². The molecule has 1 aliphatic heterocycles. The van der Waals surface area contributed by atoms with E-state index in [1.807, 2.05) is 0 Å². The lowest BCUT2D eigenvalue weighted by atomic mass is 10.1. The van der Waals surface area contributed by atoms with Crippen LogP contribution in [0.2, 0.25) is 0 Å². The summed E-state index contributed by atoms with van der Waals surface area (Å²) in [6.07, 6.45) is 3.67. The van der Waals surface area contributed by atoms with E-state index in [2.05, 4.69) is 25.5 Å². The van der Waals surface area contributed by atoms with Crippen molar-refractivity contribution < 1.29 is 4.74 Å². The second-order valence-corrected chi connectivity index (χ2v) is 4.06. The minimum atomic E-state index is 0.610. The van der Waals surface area contributed by atoms with E-state index in [4.69, 9.17) is 4.74 Å². The first-order chi connectivity index (χ1) is 6.33. The van der Waals surface area contributed by atoms with Crippen molar-refractivity contribution in [3.8, 4) is 0 Å². The van der Waals surface area contributed by atoms with Gasteiger partial charge in [-0.3, -0.25) is 0 Å². The number of nitrogens with zero attached hydrogens (tertiary/aromatic N) is 2. The fourth-order valence-corrected chi connectivity index (χ4v) is 2.43. The van der Waals surface area contributed by atoms with Crippen molar-refractivity contribution in [2.24, 2.45) is 0 Å². The zero-order valence-electron chi connectivity index (χ0n) is 7.72. The Morgan fingerprint density at radius 3 is 3.15 bits per heavy atom. The summed E-state index contributed by atoms with van der Waals surface area (Å²) in [6.45, 7) is 1.70. The molecule has 1 aromatic heterocycles. The molecule has 0 saturated heterocycles. The van der Waals surface area contributed by atoms with E-state index in [1.165, 1.54) is 18.5 Å². The van der Waals surface area contributed by atoms with Gasteiger partial charge in [0, 0.05) is 13.7 Å². The third kappa shape index (κ3) is 1.65. The summed E-state index contributed by atoms with van der Waals surface area (Å²) < 4.78 is 8.38. The van der Waals surface area contributed by atoms with Crippen molar-refractivity contribution in [3.05, 3.63) is 16.1 Å². The highest BCUT2D eigenvalue weighted by molar-refractivity contribution is 9.10. The van der Waals surface area contributed by atoms with Crippen LogP contribution in [-0.4, -0.2) is 16.7 Å². The number of hydrogen-bond acceptors (Lipinski definition) is 2. The molecule has 0 bridgehead atoms. The summed E-state index contributed by atoms with van der Waals surface area (Å²) in [5, 5.41) is 0. The van der Waals surface area contributed by atoms with E-state index < -0.39 is 0 Å². The molecule has 3 nitrogen and oxygen atoms in total. The molecule has 0 atom stereocenters. The highest BCUT2D eigenvalue weighted by atomic mass is 79.9. The van der Waals surface area contributed by atoms with Crippen LogP contribution in [0.15, 0.2) is 4.60 Å². The molecule has 0 aromatic carbocycles. The lowest BCUT2D eigenvalue weighted by molar-refractivity contribution is 0.173.